The Kier molecular flexibility index (Phi) is 8.84. The van der Waals surface area contributed by atoms with Crippen LogP contribution in [0, 0.1) is 6.92 Å². The number of nitrogens with zero attached hydrogens (tertiary/aromatic N) is 2. The number of rotatable bonds is 9. The Morgan fingerprint density at radius 3 is 2.28 bits per heavy atom. The highest BCUT2D eigenvalue weighted by Crippen LogP contribution is 2.39. The lowest BCUT2D eigenvalue weighted by Gasteiger charge is -2.34. The van der Waals surface area contributed by atoms with Gasteiger partial charge in [-0.1, -0.05) is 30.3 Å². The molecule has 3 aromatic carbocycles. The molecule has 0 unspecified atom stereocenters. The van der Waals surface area contributed by atoms with E-state index < -0.39 is 5.97 Å². The maximum absolute atomic E-state index is 13.2. The average molecular weight is 584 g/mol. The van der Waals surface area contributed by atoms with Crippen molar-refractivity contribution in [2.45, 2.75) is 6.92 Å². The van der Waals surface area contributed by atoms with E-state index in [2.05, 4.69) is 16.0 Å². The fourth-order valence-electron chi connectivity index (χ4n) is 5.27. The molecule has 0 aliphatic carbocycles. The third-order valence-corrected chi connectivity index (χ3v) is 7.51. The molecule has 2 aliphatic rings. The number of anilines is 2. The number of nitrogens with one attached hydrogen (secondary N) is 3. The minimum Gasteiger partial charge on any atom is -0.478 e. The molecule has 11 heteroatoms. The minimum atomic E-state index is -1.06. The minimum absolute atomic E-state index is 0.105. The van der Waals surface area contributed by atoms with Gasteiger partial charge in [-0.25, -0.2) is 4.79 Å². The first-order chi connectivity index (χ1) is 20.7. The zero-order valence-corrected chi connectivity index (χ0v) is 23.7. The van der Waals surface area contributed by atoms with Crippen molar-refractivity contribution in [2.75, 3.05) is 56.5 Å². The molecule has 1 saturated heterocycles. The van der Waals surface area contributed by atoms with Crippen molar-refractivity contribution >= 4 is 46.3 Å². The predicted molar refractivity (Wildman–Crippen MR) is 163 cm³/mol. The first kappa shape index (κ1) is 29.5. The number of benzene rings is 3. The van der Waals surface area contributed by atoms with Gasteiger partial charge in [0.15, 0.2) is 0 Å². The van der Waals surface area contributed by atoms with Crippen molar-refractivity contribution < 1.29 is 29.4 Å². The van der Waals surface area contributed by atoms with Crippen LogP contribution in [0.1, 0.15) is 37.4 Å². The van der Waals surface area contributed by atoms with E-state index in [0.717, 1.165) is 5.56 Å². The molecular formula is C32H33N5O6. The molecule has 3 aromatic rings. The van der Waals surface area contributed by atoms with Gasteiger partial charge in [0.2, 0.25) is 5.91 Å². The number of carboxylic acid groups (broad SMARTS) is 1. The summed E-state index contributed by atoms with van der Waals surface area (Å²) < 4.78 is 0. The van der Waals surface area contributed by atoms with Crippen LogP contribution in [0.3, 0.4) is 0 Å². The Morgan fingerprint density at radius 2 is 1.63 bits per heavy atom. The van der Waals surface area contributed by atoms with E-state index in [1.807, 2.05) is 35.2 Å². The number of amides is 3. The standard InChI is InChI=1S/C32H33N5O6/c1-20-17-25-26(18-24(20)32(42)43)35-30(40)28(25)29(21-5-3-2-4-6-21)34-23-9-7-22(8-10-23)31(41)37-14-12-36(13-15-37)19-27(39)33-11-16-38/h2-10,17-18,34,38H,11-16,19H2,1H3,(H,33,39)(H,35,40)(H,42,43). The highest BCUT2D eigenvalue weighted by molar-refractivity contribution is 6.37. The topological polar surface area (TPSA) is 151 Å². The zero-order valence-electron chi connectivity index (χ0n) is 23.7. The summed E-state index contributed by atoms with van der Waals surface area (Å²) in [7, 11) is 0. The molecule has 43 heavy (non-hydrogen) atoms. The number of hydrogen-bond donors (Lipinski definition) is 5. The molecule has 5 rings (SSSR count). The largest absolute Gasteiger partial charge is 0.478 e. The number of aryl methyl sites for hydroxylation is 1. The lowest BCUT2D eigenvalue weighted by Crippen LogP contribution is -2.51. The molecule has 5 N–H and O–H groups in total. The molecule has 0 aromatic heterocycles. The van der Waals surface area contributed by atoms with Gasteiger partial charge in [0.1, 0.15) is 0 Å². The molecule has 3 amide bonds. The van der Waals surface area contributed by atoms with Crippen molar-refractivity contribution in [1.29, 1.82) is 0 Å². The Bertz CT molecular complexity index is 1580. The summed E-state index contributed by atoms with van der Waals surface area (Å²) in [4.78, 5) is 53.7. The second kappa shape index (κ2) is 12.9. The summed E-state index contributed by atoms with van der Waals surface area (Å²) in [6.07, 6.45) is 0. The zero-order chi connectivity index (χ0) is 30.5. The second-order valence-electron chi connectivity index (χ2n) is 10.4. The van der Waals surface area contributed by atoms with Crippen LogP contribution < -0.4 is 16.0 Å². The number of hydrogen-bond acceptors (Lipinski definition) is 7. The Labute approximate surface area is 248 Å². The van der Waals surface area contributed by atoms with Crippen LogP contribution in [0.15, 0.2) is 66.7 Å². The number of fused-ring (bicyclic) bond motifs is 1. The van der Waals surface area contributed by atoms with Crippen LogP contribution in [0.5, 0.6) is 0 Å². The van der Waals surface area contributed by atoms with Crippen LogP contribution in [-0.2, 0) is 9.59 Å². The quantitative estimate of drug-likeness (QED) is 0.241. The van der Waals surface area contributed by atoms with Gasteiger partial charge >= 0.3 is 5.97 Å². The van der Waals surface area contributed by atoms with E-state index in [1.165, 1.54) is 6.07 Å². The molecule has 0 atom stereocenters. The third kappa shape index (κ3) is 6.58. The lowest BCUT2D eigenvalue weighted by atomic mass is 9.96. The third-order valence-electron chi connectivity index (χ3n) is 7.51. The highest BCUT2D eigenvalue weighted by atomic mass is 16.4. The predicted octanol–water partition coefficient (Wildman–Crippen LogP) is 2.49. The summed E-state index contributed by atoms with van der Waals surface area (Å²) in [5, 5.41) is 27.2. The molecule has 0 spiro atoms. The fourth-order valence-corrected chi connectivity index (χ4v) is 5.27. The van der Waals surface area contributed by atoms with Gasteiger partial charge < -0.3 is 31.1 Å². The van der Waals surface area contributed by atoms with E-state index in [0.29, 0.717) is 65.5 Å². The summed E-state index contributed by atoms with van der Waals surface area (Å²) in [6.45, 7) is 4.18. The van der Waals surface area contributed by atoms with E-state index in [1.54, 1.807) is 42.2 Å². The first-order valence-corrected chi connectivity index (χ1v) is 14.0. The summed E-state index contributed by atoms with van der Waals surface area (Å²) in [5.74, 6) is -1.67. The van der Waals surface area contributed by atoms with Crippen LogP contribution in [-0.4, -0.2) is 89.6 Å². The number of carboxylic acids is 1. The van der Waals surface area contributed by atoms with Crippen molar-refractivity contribution in [3.63, 3.8) is 0 Å². The maximum Gasteiger partial charge on any atom is 0.336 e. The van der Waals surface area contributed by atoms with Gasteiger partial charge in [0, 0.05) is 49.5 Å². The van der Waals surface area contributed by atoms with Crippen LogP contribution in [0.4, 0.5) is 11.4 Å². The monoisotopic (exact) mass is 583 g/mol. The first-order valence-electron chi connectivity index (χ1n) is 14.0. The van der Waals surface area contributed by atoms with E-state index in [-0.39, 0.29) is 43.0 Å². The molecule has 0 radical (unpaired) electrons. The molecule has 0 saturated carbocycles. The Morgan fingerprint density at radius 1 is 0.930 bits per heavy atom. The number of aromatic carboxylic acids is 1. The highest BCUT2D eigenvalue weighted by Gasteiger charge is 2.30. The SMILES string of the molecule is Cc1cc2c(cc1C(=O)O)NC(=O)C2=C(Nc1ccc(C(=O)N2CCN(CC(=O)NCCO)CC2)cc1)c1ccccc1. The van der Waals surface area contributed by atoms with E-state index in [9.17, 15) is 24.3 Å². The number of carbonyl (C=O) groups is 4. The Hall–Kier alpha value is -5.00. The molecule has 2 heterocycles. The van der Waals surface area contributed by atoms with Crippen molar-refractivity contribution in [2.24, 2.45) is 0 Å². The van der Waals surface area contributed by atoms with Crippen molar-refractivity contribution in [3.8, 4) is 0 Å². The van der Waals surface area contributed by atoms with Gasteiger partial charge in [-0.3, -0.25) is 19.3 Å². The molecule has 1 fully saturated rings. The number of aliphatic hydroxyl groups is 1. The van der Waals surface area contributed by atoms with E-state index >= 15 is 0 Å². The van der Waals surface area contributed by atoms with Gasteiger partial charge in [-0.15, -0.1) is 0 Å². The van der Waals surface area contributed by atoms with Crippen LogP contribution >= 0.6 is 0 Å². The van der Waals surface area contributed by atoms with Crippen molar-refractivity contribution in [3.05, 3.63) is 94.5 Å². The van der Waals surface area contributed by atoms with Gasteiger partial charge in [-0.05, 0) is 54.4 Å². The van der Waals surface area contributed by atoms with Crippen LogP contribution in [0.2, 0.25) is 0 Å². The molecule has 11 nitrogen and oxygen atoms in total. The lowest BCUT2D eigenvalue weighted by molar-refractivity contribution is -0.122. The van der Waals surface area contributed by atoms with Gasteiger partial charge in [-0.2, -0.15) is 0 Å². The number of carbonyl (C=O) groups excluding carboxylic acids is 3. The van der Waals surface area contributed by atoms with Crippen molar-refractivity contribution in [1.82, 2.24) is 15.1 Å². The summed E-state index contributed by atoms with van der Waals surface area (Å²) in [5.41, 5.74) is 4.61. The summed E-state index contributed by atoms with van der Waals surface area (Å²) in [6, 6.07) is 19.6. The fraction of sp³-hybridized carbons (Fsp3) is 0.250. The van der Waals surface area contributed by atoms with Gasteiger partial charge in [0.25, 0.3) is 11.8 Å². The second-order valence-corrected chi connectivity index (χ2v) is 10.4. The molecule has 222 valence electrons. The van der Waals surface area contributed by atoms with E-state index in [4.69, 9.17) is 5.11 Å². The average Bonchev–Trinajstić information content (AvgIpc) is 3.33. The normalized spacial score (nSPS) is 15.9. The Balaban J connectivity index is 1.34. The number of piperazine rings is 1. The molecule has 0 bridgehead atoms. The van der Waals surface area contributed by atoms with Crippen LogP contribution in [0.25, 0.3) is 11.3 Å². The van der Waals surface area contributed by atoms with Gasteiger partial charge in [0.05, 0.1) is 35.7 Å². The summed E-state index contributed by atoms with van der Waals surface area (Å²) >= 11 is 0. The molecular weight excluding hydrogens is 550 g/mol. The molecule has 2 aliphatic heterocycles. The number of aliphatic hydroxyl groups excluding tert-OH is 1. The smallest absolute Gasteiger partial charge is 0.336 e. The maximum atomic E-state index is 13.2.